The number of hydrogen-bond donors (Lipinski definition) is 1. The number of benzene rings is 2. The topological polar surface area (TPSA) is 63.3 Å². The summed E-state index contributed by atoms with van der Waals surface area (Å²) in [5, 5.41) is 7.22. The van der Waals surface area contributed by atoms with E-state index in [4.69, 9.17) is 27.6 Å². The van der Waals surface area contributed by atoms with Crippen LogP contribution in [0.15, 0.2) is 64.1 Å². The molecule has 0 saturated heterocycles. The zero-order chi connectivity index (χ0) is 19.7. The molecule has 0 aliphatic heterocycles. The third-order valence-corrected chi connectivity index (χ3v) is 4.58. The van der Waals surface area contributed by atoms with Crippen LogP contribution in [0, 0.1) is 13.8 Å². The molecule has 0 spiro atoms. The second-order valence-corrected chi connectivity index (χ2v) is 7.21. The van der Waals surface area contributed by atoms with Gasteiger partial charge in [0, 0.05) is 38.4 Å². The molecular formula is C21H16Cl2N4O. The molecule has 2 heterocycles. The minimum Gasteiger partial charge on any atom is -0.456 e. The van der Waals surface area contributed by atoms with Gasteiger partial charge in [0.05, 0.1) is 5.36 Å². The summed E-state index contributed by atoms with van der Waals surface area (Å²) in [6.07, 6.45) is 0. The molecule has 0 aliphatic carbocycles. The predicted octanol–water partition coefficient (Wildman–Crippen LogP) is 5.74. The summed E-state index contributed by atoms with van der Waals surface area (Å²) in [4.78, 5) is 8.71. The lowest BCUT2D eigenvalue weighted by molar-refractivity contribution is 0.618. The number of halogens is 2. The molecule has 0 atom stereocenters. The number of aryl methyl sites for hydroxylation is 2. The van der Waals surface area contributed by atoms with Gasteiger partial charge in [-0.1, -0.05) is 23.2 Å². The van der Waals surface area contributed by atoms with Crippen LogP contribution >= 0.6 is 23.2 Å². The third-order valence-electron chi connectivity index (χ3n) is 4.09. The van der Waals surface area contributed by atoms with Crippen molar-refractivity contribution in [2.45, 2.75) is 13.8 Å². The van der Waals surface area contributed by atoms with Crippen LogP contribution in [0.1, 0.15) is 11.4 Å². The number of anilines is 1. The minimum atomic E-state index is 0.432. The van der Waals surface area contributed by atoms with Gasteiger partial charge < -0.3 is 4.42 Å². The highest BCUT2D eigenvalue weighted by Crippen LogP contribution is 2.25. The standard InChI is InChI=1S/C21H16Cl2N4O/c1-12-9-13(2)25-21(24-12)27-26-18-11-20(14-3-5-15(22)6-4-14)28-19-8-7-16(23)10-17(18)19/h3-11H,1-2H3,(H,24,25,27)/b26-18+. The molecule has 140 valence electrons. The Labute approximate surface area is 171 Å². The van der Waals surface area contributed by atoms with Crippen molar-refractivity contribution in [1.82, 2.24) is 9.97 Å². The zero-order valence-corrected chi connectivity index (χ0v) is 16.7. The first-order valence-electron chi connectivity index (χ1n) is 8.59. The molecule has 0 radical (unpaired) electrons. The van der Waals surface area contributed by atoms with E-state index in [0.29, 0.717) is 32.7 Å². The highest BCUT2D eigenvalue weighted by Gasteiger charge is 2.07. The summed E-state index contributed by atoms with van der Waals surface area (Å²) in [6.45, 7) is 3.82. The van der Waals surface area contributed by atoms with Crippen molar-refractivity contribution in [3.05, 3.63) is 81.4 Å². The molecule has 4 aromatic rings. The van der Waals surface area contributed by atoms with Crippen molar-refractivity contribution in [1.29, 1.82) is 0 Å². The van der Waals surface area contributed by atoms with Gasteiger partial charge in [-0.3, -0.25) is 0 Å². The Morgan fingerprint density at radius 1 is 0.857 bits per heavy atom. The fraction of sp³-hybridized carbons (Fsp3) is 0.0952. The lowest BCUT2D eigenvalue weighted by Gasteiger charge is -2.06. The highest BCUT2D eigenvalue weighted by molar-refractivity contribution is 6.31. The summed E-state index contributed by atoms with van der Waals surface area (Å²) in [5.41, 5.74) is 6.22. The highest BCUT2D eigenvalue weighted by atomic mass is 35.5. The number of aromatic nitrogens is 2. The van der Waals surface area contributed by atoms with E-state index in [1.807, 2.05) is 62.4 Å². The van der Waals surface area contributed by atoms with E-state index in [1.54, 1.807) is 6.07 Å². The number of fused-ring (bicyclic) bond motifs is 1. The number of hydrogen-bond acceptors (Lipinski definition) is 5. The zero-order valence-electron chi connectivity index (χ0n) is 15.2. The molecule has 0 saturated carbocycles. The van der Waals surface area contributed by atoms with Crippen LogP contribution in [-0.4, -0.2) is 9.97 Å². The molecule has 0 amide bonds. The van der Waals surface area contributed by atoms with Gasteiger partial charge >= 0.3 is 0 Å². The predicted molar refractivity (Wildman–Crippen MR) is 112 cm³/mol. The summed E-state index contributed by atoms with van der Waals surface area (Å²) in [7, 11) is 0. The van der Waals surface area contributed by atoms with Crippen LogP contribution in [0.3, 0.4) is 0 Å². The van der Waals surface area contributed by atoms with E-state index in [0.717, 1.165) is 22.3 Å². The lowest BCUT2D eigenvalue weighted by Crippen LogP contribution is -2.09. The van der Waals surface area contributed by atoms with Gasteiger partial charge in [-0.2, -0.15) is 5.10 Å². The first kappa shape index (κ1) is 18.5. The molecule has 2 aromatic carbocycles. The smallest absolute Gasteiger partial charge is 0.243 e. The second kappa shape index (κ2) is 7.62. The molecule has 0 aliphatic rings. The van der Waals surface area contributed by atoms with Crippen LogP contribution < -0.4 is 10.8 Å². The van der Waals surface area contributed by atoms with Crippen LogP contribution in [0.2, 0.25) is 10.0 Å². The van der Waals surface area contributed by atoms with Gasteiger partial charge in [0.15, 0.2) is 0 Å². The fourth-order valence-electron chi connectivity index (χ4n) is 2.88. The maximum absolute atomic E-state index is 6.18. The molecule has 0 unspecified atom stereocenters. The van der Waals surface area contributed by atoms with E-state index in [1.165, 1.54) is 0 Å². The average Bonchev–Trinajstić information content (AvgIpc) is 2.66. The average molecular weight is 411 g/mol. The molecule has 0 fully saturated rings. The quantitative estimate of drug-likeness (QED) is 0.437. The van der Waals surface area contributed by atoms with Crippen molar-refractivity contribution in [3.63, 3.8) is 0 Å². The Morgan fingerprint density at radius 3 is 2.25 bits per heavy atom. The van der Waals surface area contributed by atoms with Crippen molar-refractivity contribution >= 4 is 40.1 Å². The lowest BCUT2D eigenvalue weighted by atomic mass is 10.1. The Morgan fingerprint density at radius 2 is 1.54 bits per heavy atom. The molecule has 0 bridgehead atoms. The molecule has 1 N–H and O–H groups in total. The molecule has 5 nitrogen and oxygen atoms in total. The summed E-state index contributed by atoms with van der Waals surface area (Å²) in [6, 6.07) is 16.6. The Hall–Kier alpha value is -2.89. The van der Waals surface area contributed by atoms with Gasteiger partial charge in [-0.25, -0.2) is 15.4 Å². The molecule has 4 rings (SSSR count). The Bertz CT molecular complexity index is 1210. The maximum atomic E-state index is 6.18. The summed E-state index contributed by atoms with van der Waals surface area (Å²) < 4.78 is 6.05. The van der Waals surface area contributed by atoms with E-state index < -0.39 is 0 Å². The molecule has 28 heavy (non-hydrogen) atoms. The van der Waals surface area contributed by atoms with Crippen molar-refractivity contribution < 1.29 is 4.42 Å². The van der Waals surface area contributed by atoms with Gasteiger partial charge in [0.25, 0.3) is 0 Å². The normalized spacial score (nSPS) is 11.8. The van der Waals surface area contributed by atoms with Crippen molar-refractivity contribution in [2.24, 2.45) is 5.10 Å². The maximum Gasteiger partial charge on any atom is 0.243 e. The van der Waals surface area contributed by atoms with E-state index >= 15 is 0 Å². The fourth-order valence-corrected chi connectivity index (χ4v) is 3.17. The molecular weight excluding hydrogens is 395 g/mol. The van der Waals surface area contributed by atoms with Gasteiger partial charge in [0.1, 0.15) is 11.3 Å². The van der Waals surface area contributed by atoms with Crippen LogP contribution in [-0.2, 0) is 0 Å². The van der Waals surface area contributed by atoms with Gasteiger partial charge in [-0.15, -0.1) is 0 Å². The number of rotatable bonds is 3. The van der Waals surface area contributed by atoms with Gasteiger partial charge in [-0.05, 0) is 62.4 Å². The largest absolute Gasteiger partial charge is 0.456 e. The van der Waals surface area contributed by atoms with E-state index in [9.17, 15) is 0 Å². The second-order valence-electron chi connectivity index (χ2n) is 6.34. The van der Waals surface area contributed by atoms with Crippen LogP contribution in [0.5, 0.6) is 0 Å². The van der Waals surface area contributed by atoms with E-state index in [-0.39, 0.29) is 0 Å². The molecule has 2 aromatic heterocycles. The van der Waals surface area contributed by atoms with Crippen molar-refractivity contribution in [3.8, 4) is 11.3 Å². The summed E-state index contributed by atoms with van der Waals surface area (Å²) >= 11 is 12.2. The third kappa shape index (κ3) is 4.01. The monoisotopic (exact) mass is 410 g/mol. The van der Waals surface area contributed by atoms with Crippen molar-refractivity contribution in [2.75, 3.05) is 5.43 Å². The first-order chi connectivity index (χ1) is 13.5. The Balaban J connectivity index is 1.86. The summed E-state index contributed by atoms with van der Waals surface area (Å²) in [5.74, 6) is 1.09. The first-order valence-corrected chi connectivity index (χ1v) is 9.35. The minimum absolute atomic E-state index is 0.432. The van der Waals surface area contributed by atoms with Crippen LogP contribution in [0.4, 0.5) is 5.95 Å². The van der Waals surface area contributed by atoms with Gasteiger partial charge in [0.2, 0.25) is 5.95 Å². The SMILES string of the molecule is Cc1cc(C)nc(N/N=c2\cc(-c3ccc(Cl)cc3)oc3ccc(Cl)cc23)n1. The van der Waals surface area contributed by atoms with Crippen LogP contribution in [0.25, 0.3) is 22.3 Å². The molecule has 7 heteroatoms. The Kier molecular flexibility index (Phi) is 5.03. The number of nitrogens with one attached hydrogen (secondary N) is 1. The van der Waals surface area contributed by atoms with E-state index in [2.05, 4.69) is 20.5 Å². The number of nitrogens with zero attached hydrogens (tertiary/aromatic N) is 3.